The van der Waals surface area contributed by atoms with Gasteiger partial charge in [-0.2, -0.15) is 0 Å². The van der Waals surface area contributed by atoms with Crippen molar-refractivity contribution in [3.8, 4) is 11.6 Å². The minimum absolute atomic E-state index is 0.0253. The third kappa shape index (κ3) is 5.22. The summed E-state index contributed by atoms with van der Waals surface area (Å²) in [5.74, 6) is 0.264. The quantitative estimate of drug-likeness (QED) is 0.486. The van der Waals surface area contributed by atoms with E-state index in [-0.39, 0.29) is 15.6 Å². The Morgan fingerprint density at radius 2 is 1.64 bits per heavy atom. The first-order chi connectivity index (χ1) is 13.4. The molecule has 0 aliphatic carbocycles. The summed E-state index contributed by atoms with van der Waals surface area (Å²) in [5.41, 5.74) is 0.399. The Hall–Kier alpha value is -2.61. The second-order valence-corrected chi connectivity index (χ2v) is 7.18. The highest BCUT2D eigenvalue weighted by molar-refractivity contribution is 9.10. The van der Waals surface area contributed by atoms with E-state index >= 15 is 0 Å². The lowest BCUT2D eigenvalue weighted by Crippen LogP contribution is -2.34. The number of hydrogen-bond acceptors (Lipinski definition) is 4. The minimum Gasteiger partial charge on any atom is -0.439 e. The van der Waals surface area contributed by atoms with Gasteiger partial charge in [0.1, 0.15) is 5.75 Å². The van der Waals surface area contributed by atoms with Crippen molar-refractivity contribution in [2.24, 2.45) is 0 Å². The van der Waals surface area contributed by atoms with Crippen LogP contribution in [0.15, 0.2) is 65.3 Å². The normalized spacial score (nSPS) is 10.2. The maximum atomic E-state index is 12.2. The van der Waals surface area contributed by atoms with Crippen LogP contribution in [0.5, 0.6) is 11.6 Å². The maximum Gasteiger partial charge on any atom is 0.326 e. The van der Waals surface area contributed by atoms with Gasteiger partial charge in [-0.05, 0) is 42.5 Å². The molecule has 0 fully saturated rings. The number of carbonyl (C=O) groups excluding carboxylic acids is 2. The van der Waals surface area contributed by atoms with Crippen LogP contribution in [0.1, 0.15) is 10.4 Å². The van der Waals surface area contributed by atoms with Crippen LogP contribution in [-0.4, -0.2) is 16.9 Å². The lowest BCUT2D eigenvalue weighted by atomic mass is 10.2. The fraction of sp³-hybridized carbons (Fsp3) is 0. The number of benzene rings is 2. The highest BCUT2D eigenvalue weighted by atomic mass is 79.9. The van der Waals surface area contributed by atoms with E-state index < -0.39 is 11.9 Å². The molecule has 0 aliphatic heterocycles. The molecule has 0 unspecified atom stereocenters. The minimum atomic E-state index is -0.746. The first kappa shape index (κ1) is 20.1. The van der Waals surface area contributed by atoms with Gasteiger partial charge in [0.25, 0.3) is 5.91 Å². The number of nitrogens with zero attached hydrogens (tertiary/aromatic N) is 1. The molecule has 3 rings (SSSR count). The number of urea groups is 1. The largest absolute Gasteiger partial charge is 0.439 e. The molecule has 0 aliphatic rings. The van der Waals surface area contributed by atoms with Crippen LogP contribution < -0.4 is 15.4 Å². The van der Waals surface area contributed by atoms with Crippen LogP contribution in [-0.2, 0) is 0 Å². The Labute approximate surface area is 179 Å². The van der Waals surface area contributed by atoms with E-state index in [1.165, 1.54) is 18.3 Å². The molecule has 3 aromatic rings. The first-order valence-corrected chi connectivity index (χ1v) is 9.43. The van der Waals surface area contributed by atoms with Crippen molar-refractivity contribution < 1.29 is 14.3 Å². The van der Waals surface area contributed by atoms with Crippen molar-refractivity contribution >= 4 is 56.8 Å². The number of hydrogen-bond donors (Lipinski definition) is 2. The fourth-order valence-corrected chi connectivity index (χ4v) is 3.01. The lowest BCUT2D eigenvalue weighted by Gasteiger charge is -2.09. The van der Waals surface area contributed by atoms with Crippen molar-refractivity contribution in [2.75, 3.05) is 5.32 Å². The Kier molecular flexibility index (Phi) is 6.51. The zero-order valence-corrected chi connectivity index (χ0v) is 17.2. The molecule has 0 radical (unpaired) electrons. The summed E-state index contributed by atoms with van der Waals surface area (Å²) in [7, 11) is 0. The number of amides is 3. The van der Waals surface area contributed by atoms with E-state index in [0.717, 1.165) is 4.47 Å². The monoisotopic (exact) mass is 479 g/mol. The number of ether oxygens (including phenoxy) is 1. The fourth-order valence-electron chi connectivity index (χ4n) is 2.18. The first-order valence-electron chi connectivity index (χ1n) is 7.88. The molecule has 142 valence electrons. The molecule has 2 N–H and O–H groups in total. The van der Waals surface area contributed by atoms with Crippen LogP contribution in [0.25, 0.3) is 0 Å². The van der Waals surface area contributed by atoms with Crippen LogP contribution >= 0.6 is 39.1 Å². The topological polar surface area (TPSA) is 80.3 Å². The molecule has 0 saturated carbocycles. The highest BCUT2D eigenvalue weighted by Crippen LogP contribution is 2.24. The Balaban J connectivity index is 1.60. The van der Waals surface area contributed by atoms with Crippen molar-refractivity contribution in [3.63, 3.8) is 0 Å². The molecular weight excluding hydrogens is 469 g/mol. The standard InChI is InChI=1S/C19H12BrCl2N3O3/c20-11-4-7-13(8-5-11)28-16-9-6-12(10-23-16)24-19(27)25-18(26)17-14(21)2-1-3-15(17)22/h1-10H,(H2,24,25,26,27). The van der Waals surface area contributed by atoms with Gasteiger partial charge >= 0.3 is 6.03 Å². The van der Waals surface area contributed by atoms with Crippen molar-refractivity contribution in [3.05, 3.63) is 80.9 Å². The number of imide groups is 1. The van der Waals surface area contributed by atoms with Gasteiger partial charge in [0, 0.05) is 10.5 Å². The molecule has 0 saturated heterocycles. The van der Waals surface area contributed by atoms with E-state index in [9.17, 15) is 9.59 Å². The van der Waals surface area contributed by atoms with Crippen LogP contribution in [0.2, 0.25) is 10.0 Å². The Morgan fingerprint density at radius 1 is 0.964 bits per heavy atom. The smallest absolute Gasteiger partial charge is 0.326 e. The van der Waals surface area contributed by atoms with Crippen molar-refractivity contribution in [1.29, 1.82) is 0 Å². The van der Waals surface area contributed by atoms with Crippen molar-refractivity contribution in [1.82, 2.24) is 10.3 Å². The van der Waals surface area contributed by atoms with Crippen LogP contribution in [0.3, 0.4) is 0 Å². The molecule has 28 heavy (non-hydrogen) atoms. The average molecular weight is 481 g/mol. The molecule has 3 amide bonds. The Morgan fingerprint density at radius 3 is 2.25 bits per heavy atom. The summed E-state index contributed by atoms with van der Waals surface area (Å²) in [4.78, 5) is 28.3. The van der Waals surface area contributed by atoms with E-state index in [2.05, 4.69) is 31.5 Å². The summed E-state index contributed by atoms with van der Waals surface area (Å²) < 4.78 is 6.53. The molecule has 0 bridgehead atoms. The highest BCUT2D eigenvalue weighted by Gasteiger charge is 2.17. The maximum absolute atomic E-state index is 12.2. The number of nitrogens with one attached hydrogen (secondary N) is 2. The molecular formula is C19H12BrCl2N3O3. The molecule has 0 atom stereocenters. The zero-order valence-electron chi connectivity index (χ0n) is 14.1. The van der Waals surface area contributed by atoms with Gasteiger partial charge in [-0.15, -0.1) is 0 Å². The van der Waals surface area contributed by atoms with Gasteiger partial charge in [0.2, 0.25) is 5.88 Å². The summed E-state index contributed by atoms with van der Waals surface area (Å²) in [6.45, 7) is 0. The van der Waals surface area contributed by atoms with Gasteiger partial charge in [-0.3, -0.25) is 10.1 Å². The van der Waals surface area contributed by atoms with E-state index in [1.807, 2.05) is 12.1 Å². The molecule has 6 nitrogen and oxygen atoms in total. The summed E-state index contributed by atoms with van der Waals surface area (Å²) in [6.07, 6.45) is 1.40. The number of pyridine rings is 1. The van der Waals surface area contributed by atoms with Gasteiger partial charge in [0.15, 0.2) is 0 Å². The van der Waals surface area contributed by atoms with Crippen LogP contribution in [0, 0.1) is 0 Å². The number of aromatic nitrogens is 1. The molecule has 1 heterocycles. The van der Waals surface area contributed by atoms with E-state index in [1.54, 1.807) is 30.3 Å². The third-order valence-corrected chi connectivity index (χ3v) is 4.61. The molecule has 9 heteroatoms. The van der Waals surface area contributed by atoms with E-state index in [4.69, 9.17) is 27.9 Å². The summed E-state index contributed by atoms with van der Waals surface area (Å²) >= 11 is 15.3. The summed E-state index contributed by atoms with van der Waals surface area (Å²) in [6, 6.07) is 14.3. The Bertz CT molecular complexity index is 992. The zero-order chi connectivity index (χ0) is 20.1. The van der Waals surface area contributed by atoms with Gasteiger partial charge in [-0.25, -0.2) is 9.78 Å². The second kappa shape index (κ2) is 9.05. The van der Waals surface area contributed by atoms with Gasteiger partial charge in [0.05, 0.1) is 27.5 Å². The summed E-state index contributed by atoms with van der Waals surface area (Å²) in [5, 5.41) is 4.96. The lowest BCUT2D eigenvalue weighted by molar-refractivity contribution is 0.0967. The molecule has 2 aromatic carbocycles. The SMILES string of the molecule is O=C(NC(=O)c1c(Cl)cccc1Cl)Nc1ccc(Oc2ccc(Br)cc2)nc1. The number of halogens is 3. The van der Waals surface area contributed by atoms with Gasteiger partial charge < -0.3 is 10.1 Å². The number of anilines is 1. The average Bonchev–Trinajstić information content (AvgIpc) is 2.65. The second-order valence-electron chi connectivity index (χ2n) is 5.45. The predicted octanol–water partition coefficient (Wildman–Crippen LogP) is 5.91. The van der Waals surface area contributed by atoms with Crippen LogP contribution in [0.4, 0.5) is 10.5 Å². The number of rotatable bonds is 4. The number of carbonyl (C=O) groups is 2. The van der Waals surface area contributed by atoms with Gasteiger partial charge in [-0.1, -0.05) is 45.2 Å². The van der Waals surface area contributed by atoms with E-state index in [0.29, 0.717) is 17.3 Å². The van der Waals surface area contributed by atoms with Crippen molar-refractivity contribution in [2.45, 2.75) is 0 Å². The predicted molar refractivity (Wildman–Crippen MR) is 111 cm³/mol. The molecule has 0 spiro atoms. The third-order valence-electron chi connectivity index (χ3n) is 3.45. The molecule has 1 aromatic heterocycles.